The lowest BCUT2D eigenvalue weighted by Crippen LogP contribution is -2.28. The Morgan fingerprint density at radius 3 is 3.00 bits per heavy atom. The maximum atomic E-state index is 13.7. The van der Waals surface area contributed by atoms with Crippen LogP contribution in [0.5, 0.6) is 5.75 Å². The second-order valence-electron chi connectivity index (χ2n) is 5.73. The van der Waals surface area contributed by atoms with Crippen molar-refractivity contribution in [2.24, 2.45) is 0 Å². The van der Waals surface area contributed by atoms with Crippen LogP contribution >= 0.6 is 27.7 Å². The van der Waals surface area contributed by atoms with Gasteiger partial charge >= 0.3 is 0 Å². The molecule has 0 bridgehead atoms. The second-order valence-corrected chi connectivity index (χ2v) is 7.63. The number of halogens is 2. The molecule has 2 N–H and O–H groups in total. The van der Waals surface area contributed by atoms with Crippen LogP contribution < -0.4 is 5.32 Å². The molecule has 1 atom stereocenters. The Labute approximate surface area is 152 Å². The van der Waals surface area contributed by atoms with Gasteiger partial charge in [0.1, 0.15) is 11.6 Å². The molecule has 1 aliphatic carbocycles. The highest BCUT2D eigenvalue weighted by atomic mass is 79.9. The van der Waals surface area contributed by atoms with Crippen LogP contribution in [0.15, 0.2) is 40.9 Å². The fraction of sp³-hybridized carbons (Fsp3) is 0.278. The summed E-state index contributed by atoms with van der Waals surface area (Å²) in [5.74, 6) is 0.690. The van der Waals surface area contributed by atoms with Gasteiger partial charge in [0.05, 0.1) is 11.8 Å². The molecule has 1 amide bonds. The molecule has 1 aliphatic rings. The van der Waals surface area contributed by atoms with Gasteiger partial charge in [-0.2, -0.15) is 0 Å². The van der Waals surface area contributed by atoms with Crippen molar-refractivity contribution in [3.05, 3.63) is 63.4 Å². The first-order valence-corrected chi connectivity index (χ1v) is 9.61. The van der Waals surface area contributed by atoms with Crippen molar-refractivity contribution in [1.29, 1.82) is 0 Å². The van der Waals surface area contributed by atoms with Gasteiger partial charge in [-0.15, -0.1) is 11.8 Å². The number of hydrogen-bond donors (Lipinski definition) is 2. The van der Waals surface area contributed by atoms with Crippen LogP contribution in [-0.4, -0.2) is 16.8 Å². The number of fused-ring (bicyclic) bond motifs is 1. The topological polar surface area (TPSA) is 49.3 Å². The number of hydrogen-bond acceptors (Lipinski definition) is 3. The van der Waals surface area contributed by atoms with E-state index in [2.05, 4.69) is 21.2 Å². The van der Waals surface area contributed by atoms with Crippen LogP contribution in [0.3, 0.4) is 0 Å². The van der Waals surface area contributed by atoms with Crippen LogP contribution in [-0.2, 0) is 17.0 Å². The number of aromatic hydroxyl groups is 1. The van der Waals surface area contributed by atoms with Crippen molar-refractivity contribution in [1.82, 2.24) is 5.32 Å². The zero-order valence-electron chi connectivity index (χ0n) is 12.9. The second kappa shape index (κ2) is 7.57. The molecular weight excluding hydrogens is 393 g/mol. The molecule has 126 valence electrons. The van der Waals surface area contributed by atoms with Crippen molar-refractivity contribution in [3.8, 4) is 5.75 Å². The quantitative estimate of drug-likeness (QED) is 0.772. The highest BCUT2D eigenvalue weighted by molar-refractivity contribution is 9.10. The van der Waals surface area contributed by atoms with Crippen LogP contribution in [0.25, 0.3) is 0 Å². The van der Waals surface area contributed by atoms with Gasteiger partial charge in [-0.05, 0) is 47.7 Å². The monoisotopic (exact) mass is 409 g/mol. The van der Waals surface area contributed by atoms with Crippen LogP contribution in [0.1, 0.15) is 29.2 Å². The Balaban J connectivity index is 1.51. The Morgan fingerprint density at radius 2 is 2.21 bits per heavy atom. The first-order chi connectivity index (χ1) is 11.5. The number of rotatable bonds is 5. The van der Waals surface area contributed by atoms with Crippen LogP contribution in [0.2, 0.25) is 0 Å². The fourth-order valence-corrected chi connectivity index (χ4v) is 4.07. The molecule has 24 heavy (non-hydrogen) atoms. The molecule has 0 heterocycles. The number of phenols is 1. The smallest absolute Gasteiger partial charge is 0.230 e. The summed E-state index contributed by atoms with van der Waals surface area (Å²) in [6.07, 6.45) is 1.56. The van der Waals surface area contributed by atoms with Crippen LogP contribution in [0, 0.1) is 5.82 Å². The summed E-state index contributed by atoms with van der Waals surface area (Å²) in [6.45, 7) is 0. The number of amides is 1. The first-order valence-electron chi connectivity index (χ1n) is 7.66. The molecule has 0 saturated carbocycles. The van der Waals surface area contributed by atoms with E-state index < -0.39 is 0 Å². The Hall–Kier alpha value is -1.53. The lowest BCUT2D eigenvalue weighted by Gasteiger charge is -2.14. The van der Waals surface area contributed by atoms with Gasteiger partial charge in [-0.1, -0.05) is 34.1 Å². The fourth-order valence-electron chi connectivity index (χ4n) is 2.91. The standard InChI is InChI=1S/C18H17BrFNO2S/c19-12-5-4-11(15(20)8-12)9-24-10-18(23)21-16-7-6-14-13(16)2-1-3-17(14)22/h1-5,8,16,22H,6-7,9-10H2,(H,21,23). The van der Waals surface area contributed by atoms with Crippen molar-refractivity contribution >= 4 is 33.6 Å². The molecule has 2 aromatic rings. The average molecular weight is 410 g/mol. The number of thioether (sulfide) groups is 1. The molecule has 0 spiro atoms. The number of carbonyl (C=O) groups is 1. The first kappa shape index (κ1) is 17.3. The lowest BCUT2D eigenvalue weighted by atomic mass is 10.1. The molecule has 2 aromatic carbocycles. The molecule has 6 heteroatoms. The Kier molecular flexibility index (Phi) is 5.46. The molecule has 0 aliphatic heterocycles. The maximum Gasteiger partial charge on any atom is 0.230 e. The third-order valence-corrected chi connectivity index (χ3v) is 5.56. The molecule has 0 fully saturated rings. The predicted molar refractivity (Wildman–Crippen MR) is 97.6 cm³/mol. The van der Waals surface area contributed by atoms with Crippen molar-refractivity contribution < 1.29 is 14.3 Å². The summed E-state index contributed by atoms with van der Waals surface area (Å²) < 4.78 is 14.4. The van der Waals surface area contributed by atoms with E-state index in [1.807, 2.05) is 6.07 Å². The molecule has 3 rings (SSSR count). The van der Waals surface area contributed by atoms with E-state index in [1.165, 1.54) is 17.8 Å². The summed E-state index contributed by atoms with van der Waals surface area (Å²) in [7, 11) is 0. The van der Waals surface area contributed by atoms with Gasteiger partial charge in [0.25, 0.3) is 0 Å². The van der Waals surface area contributed by atoms with Crippen LogP contribution in [0.4, 0.5) is 4.39 Å². The summed E-state index contributed by atoms with van der Waals surface area (Å²) in [6, 6.07) is 10.3. The summed E-state index contributed by atoms with van der Waals surface area (Å²) in [5.41, 5.74) is 2.51. The number of phenolic OH excluding ortho intramolecular Hbond substituents is 1. The van der Waals surface area contributed by atoms with Gasteiger partial charge in [0.15, 0.2) is 0 Å². The minimum absolute atomic E-state index is 0.0513. The van der Waals surface area contributed by atoms with E-state index in [-0.39, 0.29) is 23.5 Å². The lowest BCUT2D eigenvalue weighted by molar-refractivity contribution is -0.119. The molecule has 0 radical (unpaired) electrons. The van der Waals surface area contributed by atoms with E-state index in [9.17, 15) is 14.3 Å². The van der Waals surface area contributed by atoms with E-state index in [4.69, 9.17) is 0 Å². The van der Waals surface area contributed by atoms with E-state index in [0.29, 0.717) is 21.5 Å². The normalized spacial score (nSPS) is 16.0. The summed E-state index contributed by atoms with van der Waals surface area (Å²) >= 11 is 4.61. The van der Waals surface area contributed by atoms with Gasteiger partial charge in [-0.3, -0.25) is 4.79 Å². The molecule has 0 aromatic heterocycles. The summed E-state index contributed by atoms with van der Waals surface area (Å²) in [4.78, 5) is 12.1. The van der Waals surface area contributed by atoms with Crippen molar-refractivity contribution in [2.45, 2.75) is 24.6 Å². The highest BCUT2D eigenvalue weighted by Crippen LogP contribution is 2.36. The third kappa shape index (κ3) is 3.92. The SMILES string of the molecule is O=C(CSCc1ccc(Br)cc1F)NC1CCc2c(O)cccc21. The Bertz CT molecular complexity index is 769. The zero-order valence-corrected chi connectivity index (χ0v) is 15.3. The average Bonchev–Trinajstić information content (AvgIpc) is 2.94. The molecular formula is C18H17BrFNO2S. The maximum absolute atomic E-state index is 13.7. The Morgan fingerprint density at radius 1 is 1.38 bits per heavy atom. The highest BCUT2D eigenvalue weighted by Gasteiger charge is 2.25. The largest absolute Gasteiger partial charge is 0.508 e. The number of carbonyl (C=O) groups excluding carboxylic acids is 1. The summed E-state index contributed by atoms with van der Waals surface area (Å²) in [5, 5.41) is 12.8. The molecule has 0 saturated heterocycles. The minimum Gasteiger partial charge on any atom is -0.508 e. The van der Waals surface area contributed by atoms with E-state index in [0.717, 1.165) is 24.0 Å². The molecule has 1 unspecified atom stereocenters. The van der Waals surface area contributed by atoms with Gasteiger partial charge < -0.3 is 10.4 Å². The van der Waals surface area contributed by atoms with Gasteiger partial charge in [0.2, 0.25) is 5.91 Å². The third-order valence-electron chi connectivity index (χ3n) is 4.09. The van der Waals surface area contributed by atoms with E-state index >= 15 is 0 Å². The number of nitrogens with one attached hydrogen (secondary N) is 1. The van der Waals surface area contributed by atoms with Crippen molar-refractivity contribution in [2.75, 3.05) is 5.75 Å². The predicted octanol–water partition coefficient (Wildman–Crippen LogP) is 4.33. The van der Waals surface area contributed by atoms with Gasteiger partial charge in [-0.25, -0.2) is 4.39 Å². The zero-order chi connectivity index (χ0) is 17.1. The van der Waals surface area contributed by atoms with Gasteiger partial charge in [0, 0.05) is 10.2 Å². The van der Waals surface area contributed by atoms with Crippen molar-refractivity contribution in [3.63, 3.8) is 0 Å². The van der Waals surface area contributed by atoms with E-state index in [1.54, 1.807) is 24.3 Å². The molecule has 3 nitrogen and oxygen atoms in total. The minimum atomic E-state index is -0.266. The number of benzene rings is 2.